The summed E-state index contributed by atoms with van der Waals surface area (Å²) in [6.07, 6.45) is 2.11. The zero-order valence-corrected chi connectivity index (χ0v) is 16.0. The van der Waals surface area contributed by atoms with Crippen molar-refractivity contribution in [2.75, 3.05) is 13.7 Å². The van der Waals surface area contributed by atoms with Crippen LogP contribution in [0.3, 0.4) is 0 Å². The molecular weight excluding hydrogens is 312 g/mol. The maximum atomic E-state index is 11.8. The molecule has 0 unspecified atom stereocenters. The van der Waals surface area contributed by atoms with Gasteiger partial charge in [-0.05, 0) is 43.0 Å². The largest absolute Gasteiger partial charge is 0.468 e. The number of carbonyl (C=O) groups is 1. The molecule has 0 amide bonds. The standard InChI is InChI=1S/C21H30N2O2/c1-16(2)18(4)23(15-21(24)25-5)14-20-11-8-12-22(20)13-19-10-7-6-9-17(19)3/h6-12,16,18H,13-15H2,1-5H3/t18-/m1/s1. The van der Waals surface area contributed by atoms with Crippen LogP contribution in [0.25, 0.3) is 0 Å². The van der Waals surface area contributed by atoms with Gasteiger partial charge in [0, 0.05) is 31.0 Å². The van der Waals surface area contributed by atoms with E-state index in [1.165, 1.54) is 23.9 Å². The summed E-state index contributed by atoms with van der Waals surface area (Å²) in [6, 6.07) is 13.0. The van der Waals surface area contributed by atoms with E-state index in [1.807, 2.05) is 0 Å². The summed E-state index contributed by atoms with van der Waals surface area (Å²) in [7, 11) is 1.45. The van der Waals surface area contributed by atoms with Crippen LogP contribution in [-0.4, -0.2) is 35.1 Å². The lowest BCUT2D eigenvalue weighted by molar-refractivity contribution is -0.142. The molecule has 2 rings (SSSR count). The molecule has 0 aliphatic rings. The molecule has 0 aliphatic carbocycles. The molecule has 0 fully saturated rings. The first-order valence-corrected chi connectivity index (χ1v) is 8.91. The van der Waals surface area contributed by atoms with Gasteiger partial charge in [-0.25, -0.2) is 0 Å². The number of methoxy groups -OCH3 is 1. The van der Waals surface area contributed by atoms with E-state index in [4.69, 9.17) is 4.74 Å². The number of hydrogen-bond acceptors (Lipinski definition) is 3. The molecule has 0 bridgehead atoms. The van der Waals surface area contributed by atoms with Gasteiger partial charge in [0.05, 0.1) is 13.7 Å². The summed E-state index contributed by atoms with van der Waals surface area (Å²) in [5, 5.41) is 0. The first-order chi connectivity index (χ1) is 11.9. The summed E-state index contributed by atoms with van der Waals surface area (Å²) >= 11 is 0. The average Bonchev–Trinajstić information content (AvgIpc) is 3.02. The highest BCUT2D eigenvalue weighted by Crippen LogP contribution is 2.17. The van der Waals surface area contributed by atoms with E-state index in [1.54, 1.807) is 0 Å². The fourth-order valence-electron chi connectivity index (χ4n) is 2.92. The Hall–Kier alpha value is -2.07. The normalized spacial score (nSPS) is 12.6. The molecule has 2 aromatic rings. The van der Waals surface area contributed by atoms with Gasteiger partial charge in [0.15, 0.2) is 0 Å². The third-order valence-corrected chi connectivity index (χ3v) is 4.99. The molecule has 1 aromatic carbocycles. The van der Waals surface area contributed by atoms with Crippen molar-refractivity contribution in [3.63, 3.8) is 0 Å². The van der Waals surface area contributed by atoms with Crippen LogP contribution in [0.5, 0.6) is 0 Å². The molecule has 0 N–H and O–H groups in total. The summed E-state index contributed by atoms with van der Waals surface area (Å²) < 4.78 is 7.15. The first kappa shape index (κ1) is 19.3. The molecule has 0 saturated heterocycles. The molecular formula is C21H30N2O2. The molecule has 1 aromatic heterocycles. The molecule has 4 heteroatoms. The Morgan fingerprint density at radius 2 is 1.88 bits per heavy atom. The average molecular weight is 342 g/mol. The van der Waals surface area contributed by atoms with Crippen LogP contribution in [0.4, 0.5) is 0 Å². The van der Waals surface area contributed by atoms with Crippen LogP contribution < -0.4 is 0 Å². The quantitative estimate of drug-likeness (QED) is 0.683. The van der Waals surface area contributed by atoms with Crippen molar-refractivity contribution in [1.29, 1.82) is 0 Å². The minimum Gasteiger partial charge on any atom is -0.468 e. The summed E-state index contributed by atoms with van der Waals surface area (Å²) in [4.78, 5) is 14.0. The number of aryl methyl sites for hydroxylation is 1. The molecule has 1 heterocycles. The van der Waals surface area contributed by atoms with Gasteiger partial charge in [-0.2, -0.15) is 0 Å². The Labute approximate surface area is 151 Å². The maximum Gasteiger partial charge on any atom is 0.319 e. The molecule has 0 aliphatic heterocycles. The van der Waals surface area contributed by atoms with E-state index in [2.05, 4.69) is 79.8 Å². The molecule has 0 saturated carbocycles. The van der Waals surface area contributed by atoms with Crippen molar-refractivity contribution in [3.8, 4) is 0 Å². The van der Waals surface area contributed by atoms with Gasteiger partial charge in [-0.3, -0.25) is 9.69 Å². The second-order valence-corrected chi connectivity index (χ2v) is 7.02. The van der Waals surface area contributed by atoms with Crippen molar-refractivity contribution in [1.82, 2.24) is 9.47 Å². The van der Waals surface area contributed by atoms with Gasteiger partial charge in [0.1, 0.15) is 0 Å². The molecule has 4 nitrogen and oxygen atoms in total. The number of ether oxygens (including phenoxy) is 1. The van der Waals surface area contributed by atoms with Gasteiger partial charge in [0.2, 0.25) is 0 Å². The number of esters is 1. The summed E-state index contributed by atoms with van der Waals surface area (Å²) in [5.74, 6) is 0.272. The molecule has 25 heavy (non-hydrogen) atoms. The fourth-order valence-corrected chi connectivity index (χ4v) is 2.92. The molecule has 0 radical (unpaired) electrons. The summed E-state index contributed by atoms with van der Waals surface area (Å²) in [5.41, 5.74) is 3.82. The molecule has 0 spiro atoms. The maximum absolute atomic E-state index is 11.8. The Morgan fingerprint density at radius 1 is 1.16 bits per heavy atom. The van der Waals surface area contributed by atoms with Crippen LogP contribution in [0.2, 0.25) is 0 Å². The lowest BCUT2D eigenvalue weighted by Gasteiger charge is -2.31. The van der Waals surface area contributed by atoms with Gasteiger partial charge in [-0.1, -0.05) is 38.1 Å². The predicted octanol–water partition coefficient (Wildman–Crippen LogP) is 3.86. The van der Waals surface area contributed by atoms with E-state index < -0.39 is 0 Å². The zero-order chi connectivity index (χ0) is 18.4. The third-order valence-electron chi connectivity index (χ3n) is 4.99. The lowest BCUT2D eigenvalue weighted by Crippen LogP contribution is -2.40. The third kappa shape index (κ3) is 5.20. The Kier molecular flexibility index (Phi) is 6.82. The lowest BCUT2D eigenvalue weighted by atomic mass is 10.0. The van der Waals surface area contributed by atoms with Crippen molar-refractivity contribution >= 4 is 5.97 Å². The second kappa shape index (κ2) is 8.86. The van der Waals surface area contributed by atoms with Crippen molar-refractivity contribution in [2.24, 2.45) is 5.92 Å². The number of benzene rings is 1. The SMILES string of the molecule is COC(=O)CN(Cc1cccn1Cc1ccccc1C)[C@H](C)C(C)C. The van der Waals surface area contributed by atoms with E-state index in [0.29, 0.717) is 18.5 Å². The van der Waals surface area contributed by atoms with Gasteiger partial charge < -0.3 is 9.30 Å². The van der Waals surface area contributed by atoms with Crippen LogP contribution in [0.1, 0.15) is 37.6 Å². The zero-order valence-electron chi connectivity index (χ0n) is 16.0. The van der Waals surface area contributed by atoms with Crippen molar-refractivity contribution in [3.05, 3.63) is 59.4 Å². The van der Waals surface area contributed by atoms with Crippen LogP contribution in [-0.2, 0) is 22.6 Å². The number of nitrogens with zero attached hydrogens (tertiary/aromatic N) is 2. The molecule has 1 atom stereocenters. The first-order valence-electron chi connectivity index (χ1n) is 8.91. The summed E-state index contributed by atoms with van der Waals surface area (Å²) in [6.45, 7) is 10.6. The fraction of sp³-hybridized carbons (Fsp3) is 0.476. The smallest absolute Gasteiger partial charge is 0.319 e. The van der Waals surface area contributed by atoms with Crippen molar-refractivity contribution in [2.45, 2.75) is 46.8 Å². The Morgan fingerprint density at radius 3 is 2.52 bits per heavy atom. The predicted molar refractivity (Wildman–Crippen MR) is 101 cm³/mol. The van der Waals surface area contributed by atoms with Crippen LogP contribution in [0, 0.1) is 12.8 Å². The van der Waals surface area contributed by atoms with Crippen molar-refractivity contribution < 1.29 is 9.53 Å². The number of rotatable bonds is 8. The highest BCUT2D eigenvalue weighted by molar-refractivity contribution is 5.71. The van der Waals surface area contributed by atoms with Crippen LogP contribution in [0.15, 0.2) is 42.6 Å². The Balaban J connectivity index is 2.18. The van der Waals surface area contributed by atoms with E-state index in [9.17, 15) is 4.79 Å². The second-order valence-electron chi connectivity index (χ2n) is 7.02. The number of hydrogen-bond donors (Lipinski definition) is 0. The number of aromatic nitrogens is 1. The van der Waals surface area contributed by atoms with Gasteiger partial charge in [-0.15, -0.1) is 0 Å². The topological polar surface area (TPSA) is 34.5 Å². The minimum absolute atomic E-state index is 0.190. The monoisotopic (exact) mass is 342 g/mol. The van der Waals surface area contributed by atoms with Gasteiger partial charge >= 0.3 is 5.97 Å². The van der Waals surface area contributed by atoms with Gasteiger partial charge in [0.25, 0.3) is 0 Å². The van der Waals surface area contributed by atoms with E-state index in [0.717, 1.165) is 13.1 Å². The number of carbonyl (C=O) groups excluding carboxylic acids is 1. The highest BCUT2D eigenvalue weighted by Gasteiger charge is 2.21. The minimum atomic E-state index is -0.190. The van der Waals surface area contributed by atoms with Crippen LogP contribution >= 0.6 is 0 Å². The van der Waals surface area contributed by atoms with E-state index in [-0.39, 0.29) is 5.97 Å². The van der Waals surface area contributed by atoms with E-state index >= 15 is 0 Å². The molecule has 136 valence electrons. The Bertz CT molecular complexity index is 691. The highest BCUT2D eigenvalue weighted by atomic mass is 16.5.